The van der Waals surface area contributed by atoms with Crippen LogP contribution in [0.25, 0.3) is 0 Å². The number of methoxy groups -OCH3 is 1. The Morgan fingerprint density at radius 2 is 2.17 bits per heavy atom. The average molecular weight is 169 g/mol. The van der Waals surface area contributed by atoms with Crippen LogP contribution in [0, 0.1) is 5.92 Å². The normalized spacial score (nSPS) is 29.0. The molecule has 2 heteroatoms. The van der Waals surface area contributed by atoms with Crippen LogP contribution in [0.3, 0.4) is 0 Å². The molecule has 1 aliphatic rings. The summed E-state index contributed by atoms with van der Waals surface area (Å²) in [7, 11) is 1.72. The highest BCUT2D eigenvalue weighted by atomic mass is 16.5. The molecule has 0 N–H and O–H groups in total. The lowest BCUT2D eigenvalue weighted by molar-refractivity contribution is 0.362. The standard InChI is InChI=1S/C10H19NO/c1-8-6-5-7-10(2,3)11-9(8)12-4/h8H,5-7H2,1-4H3. The van der Waals surface area contributed by atoms with Crippen LogP contribution in [0.1, 0.15) is 40.0 Å². The Hall–Kier alpha value is -0.530. The zero-order valence-corrected chi connectivity index (χ0v) is 8.55. The second-order valence-electron chi connectivity index (χ2n) is 4.26. The maximum atomic E-state index is 5.27. The second kappa shape index (κ2) is 3.46. The summed E-state index contributed by atoms with van der Waals surface area (Å²) >= 11 is 0. The molecule has 0 fully saturated rings. The lowest BCUT2D eigenvalue weighted by atomic mass is 9.98. The minimum atomic E-state index is 0.0795. The van der Waals surface area contributed by atoms with Gasteiger partial charge in [0.15, 0.2) is 5.90 Å². The number of rotatable bonds is 0. The lowest BCUT2D eigenvalue weighted by Crippen LogP contribution is -2.19. The van der Waals surface area contributed by atoms with E-state index in [2.05, 4.69) is 25.8 Å². The molecule has 1 atom stereocenters. The van der Waals surface area contributed by atoms with E-state index in [1.165, 1.54) is 19.3 Å². The summed E-state index contributed by atoms with van der Waals surface area (Å²) in [6.45, 7) is 6.53. The van der Waals surface area contributed by atoms with Gasteiger partial charge in [-0.05, 0) is 26.7 Å². The predicted molar refractivity (Wildman–Crippen MR) is 51.5 cm³/mol. The maximum Gasteiger partial charge on any atom is 0.186 e. The van der Waals surface area contributed by atoms with Crippen LogP contribution in [-0.4, -0.2) is 18.5 Å². The van der Waals surface area contributed by atoms with Gasteiger partial charge in [0.05, 0.1) is 12.6 Å². The molecule has 70 valence electrons. The Bertz CT molecular complexity index is 184. The van der Waals surface area contributed by atoms with Gasteiger partial charge in [-0.1, -0.05) is 13.3 Å². The fourth-order valence-corrected chi connectivity index (χ4v) is 1.68. The van der Waals surface area contributed by atoms with Crippen molar-refractivity contribution in [3.05, 3.63) is 0 Å². The van der Waals surface area contributed by atoms with Crippen LogP contribution in [-0.2, 0) is 4.74 Å². The van der Waals surface area contributed by atoms with Gasteiger partial charge in [-0.3, -0.25) is 0 Å². The summed E-state index contributed by atoms with van der Waals surface area (Å²) in [5, 5.41) is 0. The van der Waals surface area contributed by atoms with E-state index < -0.39 is 0 Å². The Morgan fingerprint density at radius 1 is 1.50 bits per heavy atom. The molecular weight excluding hydrogens is 150 g/mol. The molecule has 0 saturated carbocycles. The molecule has 2 nitrogen and oxygen atoms in total. The highest BCUT2D eigenvalue weighted by Crippen LogP contribution is 2.26. The first-order chi connectivity index (χ1) is 5.55. The van der Waals surface area contributed by atoms with Crippen molar-refractivity contribution in [2.24, 2.45) is 10.9 Å². The Balaban J connectivity index is 2.80. The molecule has 1 aliphatic heterocycles. The van der Waals surface area contributed by atoms with Crippen LogP contribution < -0.4 is 0 Å². The van der Waals surface area contributed by atoms with E-state index in [0.29, 0.717) is 5.92 Å². The van der Waals surface area contributed by atoms with Gasteiger partial charge in [-0.2, -0.15) is 0 Å². The van der Waals surface area contributed by atoms with Crippen molar-refractivity contribution >= 4 is 5.90 Å². The van der Waals surface area contributed by atoms with Gasteiger partial charge in [-0.15, -0.1) is 0 Å². The third-order valence-corrected chi connectivity index (χ3v) is 2.47. The van der Waals surface area contributed by atoms with E-state index in [9.17, 15) is 0 Å². The van der Waals surface area contributed by atoms with Gasteiger partial charge < -0.3 is 4.74 Å². The van der Waals surface area contributed by atoms with Crippen LogP contribution in [0.15, 0.2) is 4.99 Å². The molecule has 1 rings (SSSR count). The molecule has 0 aliphatic carbocycles. The topological polar surface area (TPSA) is 21.6 Å². The second-order valence-corrected chi connectivity index (χ2v) is 4.26. The van der Waals surface area contributed by atoms with Crippen molar-refractivity contribution in [2.75, 3.05) is 7.11 Å². The third kappa shape index (κ3) is 2.23. The minimum Gasteiger partial charge on any atom is -0.484 e. The summed E-state index contributed by atoms with van der Waals surface area (Å²) in [5.41, 5.74) is 0.0795. The number of hydrogen-bond donors (Lipinski definition) is 0. The summed E-state index contributed by atoms with van der Waals surface area (Å²) in [6, 6.07) is 0. The van der Waals surface area contributed by atoms with Gasteiger partial charge in [0, 0.05) is 5.92 Å². The van der Waals surface area contributed by atoms with Crippen molar-refractivity contribution in [3.63, 3.8) is 0 Å². The van der Waals surface area contributed by atoms with E-state index in [1.54, 1.807) is 7.11 Å². The van der Waals surface area contributed by atoms with Gasteiger partial charge in [-0.25, -0.2) is 4.99 Å². The first-order valence-electron chi connectivity index (χ1n) is 4.69. The number of ether oxygens (including phenoxy) is 1. The molecule has 1 unspecified atom stereocenters. The lowest BCUT2D eigenvalue weighted by Gasteiger charge is -2.18. The monoisotopic (exact) mass is 169 g/mol. The van der Waals surface area contributed by atoms with Crippen LogP contribution in [0.5, 0.6) is 0 Å². The van der Waals surface area contributed by atoms with Crippen LogP contribution in [0.2, 0.25) is 0 Å². The first-order valence-corrected chi connectivity index (χ1v) is 4.69. The van der Waals surface area contributed by atoms with E-state index in [4.69, 9.17) is 4.74 Å². The average Bonchev–Trinajstić information content (AvgIpc) is 2.10. The van der Waals surface area contributed by atoms with Gasteiger partial charge in [0.2, 0.25) is 0 Å². The Labute approximate surface area is 75.0 Å². The minimum absolute atomic E-state index is 0.0795. The smallest absolute Gasteiger partial charge is 0.186 e. The van der Waals surface area contributed by atoms with E-state index in [-0.39, 0.29) is 5.54 Å². The van der Waals surface area contributed by atoms with Crippen molar-refractivity contribution in [1.82, 2.24) is 0 Å². The molecule has 0 aromatic heterocycles. The zero-order chi connectivity index (χ0) is 9.19. The fourth-order valence-electron chi connectivity index (χ4n) is 1.68. The number of hydrogen-bond acceptors (Lipinski definition) is 2. The van der Waals surface area contributed by atoms with Crippen LogP contribution in [0.4, 0.5) is 0 Å². The van der Waals surface area contributed by atoms with Crippen LogP contribution >= 0.6 is 0 Å². The quantitative estimate of drug-likeness (QED) is 0.546. The Morgan fingerprint density at radius 3 is 2.75 bits per heavy atom. The number of nitrogens with zero attached hydrogens (tertiary/aromatic N) is 1. The number of aliphatic imine (C=N–C) groups is 1. The van der Waals surface area contributed by atoms with Crippen molar-refractivity contribution < 1.29 is 4.74 Å². The van der Waals surface area contributed by atoms with E-state index >= 15 is 0 Å². The SMILES string of the molecule is COC1=NC(C)(C)CCCC1C. The fraction of sp³-hybridized carbons (Fsp3) is 0.900. The molecule has 0 spiro atoms. The first kappa shape index (κ1) is 9.56. The van der Waals surface area contributed by atoms with Crippen molar-refractivity contribution in [2.45, 2.75) is 45.6 Å². The Kier molecular flexibility index (Phi) is 2.76. The molecule has 0 amide bonds. The third-order valence-electron chi connectivity index (χ3n) is 2.47. The molecule has 0 aromatic rings. The molecular formula is C10H19NO. The van der Waals surface area contributed by atoms with E-state index in [0.717, 1.165) is 5.90 Å². The van der Waals surface area contributed by atoms with E-state index in [1.807, 2.05) is 0 Å². The summed E-state index contributed by atoms with van der Waals surface area (Å²) in [6.07, 6.45) is 3.63. The molecule has 0 saturated heterocycles. The van der Waals surface area contributed by atoms with Crippen molar-refractivity contribution in [3.8, 4) is 0 Å². The molecule has 0 bridgehead atoms. The molecule has 0 radical (unpaired) electrons. The zero-order valence-electron chi connectivity index (χ0n) is 8.55. The predicted octanol–water partition coefficient (Wildman–Crippen LogP) is 2.63. The molecule has 1 heterocycles. The summed E-state index contributed by atoms with van der Waals surface area (Å²) in [4.78, 5) is 4.60. The van der Waals surface area contributed by atoms with Gasteiger partial charge in [0.25, 0.3) is 0 Å². The van der Waals surface area contributed by atoms with Gasteiger partial charge in [0.1, 0.15) is 0 Å². The van der Waals surface area contributed by atoms with Crippen molar-refractivity contribution in [1.29, 1.82) is 0 Å². The molecule has 12 heavy (non-hydrogen) atoms. The highest BCUT2D eigenvalue weighted by molar-refractivity contribution is 5.78. The maximum absolute atomic E-state index is 5.27. The van der Waals surface area contributed by atoms with Gasteiger partial charge >= 0.3 is 0 Å². The largest absolute Gasteiger partial charge is 0.484 e. The molecule has 0 aromatic carbocycles. The summed E-state index contributed by atoms with van der Waals surface area (Å²) in [5.74, 6) is 1.43. The summed E-state index contributed by atoms with van der Waals surface area (Å²) < 4.78 is 5.27. The highest BCUT2D eigenvalue weighted by Gasteiger charge is 2.24.